The molecule has 1 aliphatic heterocycles. The first-order valence-corrected chi connectivity index (χ1v) is 5.39. The van der Waals surface area contributed by atoms with E-state index in [4.69, 9.17) is 9.47 Å². The highest BCUT2D eigenvalue weighted by atomic mass is 16.6. The molecule has 15 heavy (non-hydrogen) atoms. The first kappa shape index (κ1) is 12.0. The zero-order valence-corrected chi connectivity index (χ0v) is 9.49. The number of rotatable bonds is 4. The van der Waals surface area contributed by atoms with E-state index in [1.807, 2.05) is 0 Å². The number of ether oxygens (including phenoxy) is 2. The van der Waals surface area contributed by atoms with Crippen LogP contribution in [0.25, 0.3) is 0 Å². The Labute approximate surface area is 89.9 Å². The summed E-state index contributed by atoms with van der Waals surface area (Å²) in [5.74, 6) is -1.14. The summed E-state index contributed by atoms with van der Waals surface area (Å²) in [6, 6.07) is 0. The molecule has 1 rings (SSSR count). The molecule has 1 heterocycles. The van der Waals surface area contributed by atoms with Crippen LogP contribution in [0.1, 0.15) is 27.2 Å². The zero-order valence-electron chi connectivity index (χ0n) is 9.49. The van der Waals surface area contributed by atoms with Crippen LogP contribution < -0.4 is 0 Å². The fourth-order valence-electron chi connectivity index (χ4n) is 1.90. The molecule has 0 N–H and O–H groups in total. The van der Waals surface area contributed by atoms with E-state index in [1.165, 1.54) is 0 Å². The average Bonchev–Trinajstić information content (AvgIpc) is 2.46. The van der Waals surface area contributed by atoms with Crippen molar-refractivity contribution in [1.29, 1.82) is 0 Å². The van der Waals surface area contributed by atoms with Gasteiger partial charge in [-0.15, -0.1) is 0 Å². The normalized spacial score (nSPS) is 25.5. The predicted octanol–water partition coefficient (Wildman–Crippen LogP) is 1.38. The summed E-state index contributed by atoms with van der Waals surface area (Å²) in [6.45, 7) is 6.50. The highest BCUT2D eigenvalue weighted by Gasteiger charge is 2.43. The van der Waals surface area contributed by atoms with Crippen molar-refractivity contribution in [3.8, 4) is 0 Å². The predicted molar refractivity (Wildman–Crippen MR) is 54.0 cm³/mol. The molecule has 86 valence electrons. The molecule has 0 aromatic heterocycles. The third-order valence-corrected chi connectivity index (χ3v) is 2.48. The number of carbonyl (C=O) groups is 2. The van der Waals surface area contributed by atoms with Gasteiger partial charge in [0.25, 0.3) is 0 Å². The Kier molecular flexibility index (Phi) is 4.12. The molecule has 0 aromatic carbocycles. The van der Waals surface area contributed by atoms with E-state index >= 15 is 0 Å². The molecule has 0 radical (unpaired) electrons. The van der Waals surface area contributed by atoms with E-state index in [0.717, 1.165) is 6.42 Å². The smallest absolute Gasteiger partial charge is 0.320 e. The fraction of sp³-hybridized carbons (Fsp3) is 0.818. The van der Waals surface area contributed by atoms with Gasteiger partial charge in [-0.2, -0.15) is 0 Å². The van der Waals surface area contributed by atoms with Gasteiger partial charge in [-0.25, -0.2) is 0 Å². The van der Waals surface area contributed by atoms with E-state index in [0.29, 0.717) is 19.1 Å². The van der Waals surface area contributed by atoms with E-state index in [1.54, 1.807) is 6.92 Å². The van der Waals surface area contributed by atoms with Crippen LogP contribution in [0.5, 0.6) is 0 Å². The molecule has 0 amide bonds. The second-order valence-corrected chi connectivity index (χ2v) is 4.25. The Morgan fingerprint density at radius 3 is 2.80 bits per heavy atom. The van der Waals surface area contributed by atoms with Gasteiger partial charge in [0.15, 0.2) is 5.92 Å². The summed E-state index contributed by atoms with van der Waals surface area (Å²) < 4.78 is 9.77. The monoisotopic (exact) mass is 214 g/mol. The Balaban J connectivity index is 2.64. The molecule has 4 nitrogen and oxygen atoms in total. The van der Waals surface area contributed by atoms with Crippen LogP contribution in [0.2, 0.25) is 0 Å². The molecular formula is C11H18O4. The second kappa shape index (κ2) is 5.14. The zero-order chi connectivity index (χ0) is 11.4. The van der Waals surface area contributed by atoms with Gasteiger partial charge in [-0.05, 0) is 19.3 Å². The molecule has 0 spiro atoms. The van der Waals surface area contributed by atoms with Crippen molar-refractivity contribution in [3.63, 3.8) is 0 Å². The van der Waals surface area contributed by atoms with E-state index < -0.39 is 17.9 Å². The number of cyclic esters (lactones) is 1. The van der Waals surface area contributed by atoms with Crippen LogP contribution in [0.4, 0.5) is 0 Å². The van der Waals surface area contributed by atoms with Crippen molar-refractivity contribution >= 4 is 11.9 Å². The first-order valence-electron chi connectivity index (χ1n) is 5.39. The van der Waals surface area contributed by atoms with Gasteiger partial charge >= 0.3 is 11.9 Å². The molecule has 0 aliphatic carbocycles. The lowest BCUT2D eigenvalue weighted by molar-refractivity contribution is -0.156. The van der Waals surface area contributed by atoms with Crippen LogP contribution in [-0.4, -0.2) is 25.2 Å². The van der Waals surface area contributed by atoms with Crippen molar-refractivity contribution in [2.24, 2.45) is 17.8 Å². The third kappa shape index (κ3) is 2.94. The van der Waals surface area contributed by atoms with Crippen LogP contribution >= 0.6 is 0 Å². The minimum atomic E-state index is -0.702. The van der Waals surface area contributed by atoms with Crippen molar-refractivity contribution in [2.45, 2.75) is 27.2 Å². The van der Waals surface area contributed by atoms with Gasteiger partial charge in [0.05, 0.1) is 13.2 Å². The third-order valence-electron chi connectivity index (χ3n) is 2.48. The quantitative estimate of drug-likeness (QED) is 0.524. The van der Waals surface area contributed by atoms with Crippen molar-refractivity contribution in [1.82, 2.24) is 0 Å². The summed E-state index contributed by atoms with van der Waals surface area (Å²) in [7, 11) is 0. The van der Waals surface area contributed by atoms with E-state index in [2.05, 4.69) is 13.8 Å². The molecular weight excluding hydrogens is 196 g/mol. The lowest BCUT2D eigenvalue weighted by Gasteiger charge is -2.15. The molecule has 2 atom stereocenters. The maximum Gasteiger partial charge on any atom is 0.320 e. The highest BCUT2D eigenvalue weighted by Crippen LogP contribution is 2.29. The van der Waals surface area contributed by atoms with Gasteiger partial charge < -0.3 is 9.47 Å². The van der Waals surface area contributed by atoms with Gasteiger partial charge in [0.2, 0.25) is 0 Å². The Hall–Kier alpha value is -1.06. The molecule has 1 saturated heterocycles. The van der Waals surface area contributed by atoms with Gasteiger partial charge in [-0.1, -0.05) is 13.8 Å². The van der Waals surface area contributed by atoms with Crippen LogP contribution in [0.15, 0.2) is 0 Å². The topological polar surface area (TPSA) is 52.6 Å². The minimum absolute atomic E-state index is 0.0171. The lowest BCUT2D eigenvalue weighted by Crippen LogP contribution is -2.28. The van der Waals surface area contributed by atoms with Crippen molar-refractivity contribution in [2.75, 3.05) is 13.2 Å². The number of carbonyl (C=O) groups excluding carboxylic acids is 2. The minimum Gasteiger partial charge on any atom is -0.465 e. The number of hydrogen-bond acceptors (Lipinski definition) is 4. The second-order valence-electron chi connectivity index (χ2n) is 4.25. The molecule has 4 heteroatoms. The maximum atomic E-state index is 11.5. The average molecular weight is 214 g/mol. The summed E-state index contributed by atoms with van der Waals surface area (Å²) in [6.07, 6.45) is 0.815. The molecule has 0 saturated carbocycles. The Morgan fingerprint density at radius 1 is 1.60 bits per heavy atom. The number of hydrogen-bond donors (Lipinski definition) is 0. The molecule has 1 aliphatic rings. The highest BCUT2D eigenvalue weighted by molar-refractivity contribution is 5.96. The maximum absolute atomic E-state index is 11.5. The van der Waals surface area contributed by atoms with Crippen molar-refractivity contribution in [3.05, 3.63) is 0 Å². The van der Waals surface area contributed by atoms with Gasteiger partial charge in [-0.3, -0.25) is 9.59 Å². The van der Waals surface area contributed by atoms with E-state index in [9.17, 15) is 9.59 Å². The van der Waals surface area contributed by atoms with E-state index in [-0.39, 0.29) is 5.92 Å². The van der Waals surface area contributed by atoms with Crippen LogP contribution in [0.3, 0.4) is 0 Å². The van der Waals surface area contributed by atoms with Gasteiger partial charge in [0.1, 0.15) is 0 Å². The SMILES string of the molecule is CCOC(=O)C1C(=O)OC[C@H]1CC(C)C. The molecule has 1 unspecified atom stereocenters. The summed E-state index contributed by atoms with van der Waals surface area (Å²) in [4.78, 5) is 22.9. The Bertz CT molecular complexity index is 247. The largest absolute Gasteiger partial charge is 0.465 e. The fourth-order valence-corrected chi connectivity index (χ4v) is 1.90. The summed E-state index contributed by atoms with van der Waals surface area (Å²) in [5.41, 5.74) is 0. The number of esters is 2. The van der Waals surface area contributed by atoms with Crippen molar-refractivity contribution < 1.29 is 19.1 Å². The first-order chi connectivity index (χ1) is 7.06. The standard InChI is InChI=1S/C11H18O4/c1-4-14-10(12)9-8(5-7(2)3)6-15-11(9)13/h7-9H,4-6H2,1-3H3/t8-,9?/m1/s1. The van der Waals surface area contributed by atoms with Gasteiger partial charge in [0, 0.05) is 5.92 Å². The molecule has 0 aromatic rings. The Morgan fingerprint density at radius 2 is 2.27 bits per heavy atom. The summed E-state index contributed by atoms with van der Waals surface area (Å²) in [5, 5.41) is 0. The lowest BCUT2D eigenvalue weighted by atomic mass is 9.88. The van der Waals surface area contributed by atoms with Crippen LogP contribution in [-0.2, 0) is 19.1 Å². The summed E-state index contributed by atoms with van der Waals surface area (Å²) >= 11 is 0. The molecule has 1 fully saturated rings. The van der Waals surface area contributed by atoms with Crippen LogP contribution in [0, 0.1) is 17.8 Å². The molecule has 0 bridgehead atoms.